The molecular formula is C18H16N4O. The minimum atomic E-state index is 0.0638. The van der Waals surface area contributed by atoms with Gasteiger partial charge in [0.1, 0.15) is 5.52 Å². The molecule has 2 heterocycles. The second kappa shape index (κ2) is 4.65. The number of fused-ring (bicyclic) bond motifs is 2. The molecule has 1 fully saturated rings. The molecule has 5 heteroatoms. The molecule has 0 spiro atoms. The first kappa shape index (κ1) is 12.8. The molecule has 2 aromatic heterocycles. The lowest BCUT2D eigenvalue weighted by molar-refractivity contribution is 0.452. The fourth-order valence-electron chi connectivity index (χ4n) is 3.91. The zero-order valence-electron chi connectivity index (χ0n) is 12.6. The van der Waals surface area contributed by atoms with E-state index in [1.54, 1.807) is 6.20 Å². The van der Waals surface area contributed by atoms with Gasteiger partial charge in [0.05, 0.1) is 23.1 Å². The number of hydrogen-bond donors (Lipinski definition) is 1. The van der Waals surface area contributed by atoms with Crippen molar-refractivity contribution in [3.05, 3.63) is 46.9 Å². The van der Waals surface area contributed by atoms with Crippen LogP contribution in [-0.4, -0.2) is 20.0 Å². The maximum absolute atomic E-state index is 13.0. The molecule has 5 nitrogen and oxygen atoms in total. The van der Waals surface area contributed by atoms with Crippen molar-refractivity contribution in [3.63, 3.8) is 0 Å². The number of H-pyrrole nitrogens is 1. The third-order valence-electron chi connectivity index (χ3n) is 5.04. The quantitative estimate of drug-likeness (QED) is 0.585. The summed E-state index contributed by atoms with van der Waals surface area (Å²) < 4.78 is 1.83. The molecule has 114 valence electrons. The summed E-state index contributed by atoms with van der Waals surface area (Å²) in [5.41, 5.74) is 1.89. The van der Waals surface area contributed by atoms with E-state index in [1.165, 1.54) is 12.8 Å². The molecule has 1 saturated carbocycles. The van der Waals surface area contributed by atoms with Gasteiger partial charge in [0.15, 0.2) is 0 Å². The summed E-state index contributed by atoms with van der Waals surface area (Å²) in [6, 6.07) is 10.2. The highest BCUT2D eigenvalue weighted by Gasteiger charge is 2.20. The molecule has 1 aliphatic rings. The molecule has 0 unspecified atom stereocenters. The van der Waals surface area contributed by atoms with Gasteiger partial charge in [-0.2, -0.15) is 5.10 Å². The van der Waals surface area contributed by atoms with E-state index in [0.717, 1.165) is 45.4 Å². The van der Waals surface area contributed by atoms with Gasteiger partial charge >= 0.3 is 0 Å². The summed E-state index contributed by atoms with van der Waals surface area (Å²) >= 11 is 0. The largest absolute Gasteiger partial charge is 0.295 e. The maximum atomic E-state index is 13.0. The van der Waals surface area contributed by atoms with Gasteiger partial charge in [0.2, 0.25) is 0 Å². The Morgan fingerprint density at radius 3 is 2.74 bits per heavy atom. The Kier molecular flexibility index (Phi) is 2.59. The van der Waals surface area contributed by atoms with Crippen LogP contribution in [0.2, 0.25) is 0 Å². The smallest absolute Gasteiger partial charge is 0.273 e. The monoisotopic (exact) mass is 304 g/mol. The maximum Gasteiger partial charge on any atom is 0.273 e. The van der Waals surface area contributed by atoms with Crippen LogP contribution in [0.5, 0.6) is 0 Å². The van der Waals surface area contributed by atoms with E-state index in [1.807, 2.05) is 35.0 Å². The van der Waals surface area contributed by atoms with Crippen LogP contribution in [0.4, 0.5) is 0 Å². The van der Waals surface area contributed by atoms with Crippen molar-refractivity contribution in [2.45, 2.75) is 31.7 Å². The lowest BCUT2D eigenvalue weighted by Gasteiger charge is -2.14. The van der Waals surface area contributed by atoms with Gasteiger partial charge in [-0.3, -0.25) is 9.89 Å². The topological polar surface area (TPSA) is 63.6 Å². The predicted octanol–water partition coefficient (Wildman–Crippen LogP) is 3.54. The summed E-state index contributed by atoms with van der Waals surface area (Å²) in [7, 11) is 0. The van der Waals surface area contributed by atoms with Gasteiger partial charge in [0.25, 0.3) is 5.56 Å². The molecule has 0 atom stereocenters. The van der Waals surface area contributed by atoms with E-state index in [0.29, 0.717) is 6.04 Å². The summed E-state index contributed by atoms with van der Waals surface area (Å²) in [4.78, 5) is 13.0. The number of nitrogens with one attached hydrogen (secondary N) is 1. The van der Waals surface area contributed by atoms with Gasteiger partial charge in [-0.05, 0) is 37.1 Å². The lowest BCUT2D eigenvalue weighted by atomic mass is 10.2. The van der Waals surface area contributed by atoms with Crippen molar-refractivity contribution < 1.29 is 0 Å². The Morgan fingerprint density at radius 2 is 1.87 bits per heavy atom. The Balaban J connectivity index is 1.97. The molecule has 4 aromatic rings. The number of rotatable bonds is 1. The average Bonchev–Trinajstić information content (AvgIpc) is 3.20. The number of aromatic amines is 1. The standard InChI is InChI=1S/C18H16N4O/c23-18-14-6-5-11-9-10-19-20-17(11)13-7-8-15(16(13)14)21-22(18)12-3-1-2-4-12/h5-10,12,21H,1-4H2. The Hall–Kier alpha value is -2.69. The van der Waals surface area contributed by atoms with E-state index in [-0.39, 0.29) is 5.56 Å². The van der Waals surface area contributed by atoms with Gasteiger partial charge < -0.3 is 0 Å². The SMILES string of the molecule is O=c1c2ccc3ccnnc3c3ccc([nH]n1C1CCCC1)c23. The van der Waals surface area contributed by atoms with Gasteiger partial charge in [-0.25, -0.2) is 4.68 Å². The van der Waals surface area contributed by atoms with Crippen molar-refractivity contribution in [1.29, 1.82) is 0 Å². The number of hydrogen-bond acceptors (Lipinski definition) is 3. The number of aromatic nitrogens is 4. The van der Waals surface area contributed by atoms with Gasteiger partial charge in [-0.1, -0.05) is 18.9 Å². The minimum absolute atomic E-state index is 0.0638. The Labute approximate surface area is 131 Å². The summed E-state index contributed by atoms with van der Waals surface area (Å²) in [5, 5.41) is 15.3. The van der Waals surface area contributed by atoms with Crippen LogP contribution in [0.1, 0.15) is 31.7 Å². The highest BCUT2D eigenvalue weighted by atomic mass is 16.1. The number of nitrogens with zero attached hydrogens (tertiary/aromatic N) is 3. The van der Waals surface area contributed by atoms with Crippen LogP contribution in [0.15, 0.2) is 41.3 Å². The molecule has 1 N–H and O–H groups in total. The molecule has 5 rings (SSSR count). The fraction of sp³-hybridized carbons (Fsp3) is 0.278. The average molecular weight is 304 g/mol. The molecule has 0 aliphatic heterocycles. The van der Waals surface area contributed by atoms with Crippen molar-refractivity contribution in [2.75, 3.05) is 0 Å². The predicted molar refractivity (Wildman–Crippen MR) is 90.7 cm³/mol. The molecular weight excluding hydrogens is 288 g/mol. The van der Waals surface area contributed by atoms with E-state index >= 15 is 0 Å². The normalized spacial score (nSPS) is 16.0. The molecule has 2 aromatic carbocycles. The highest BCUT2D eigenvalue weighted by Crippen LogP contribution is 2.32. The first-order chi connectivity index (χ1) is 11.3. The molecule has 1 aliphatic carbocycles. The highest BCUT2D eigenvalue weighted by molar-refractivity contribution is 6.17. The van der Waals surface area contributed by atoms with Crippen LogP contribution in [-0.2, 0) is 0 Å². The van der Waals surface area contributed by atoms with E-state index < -0.39 is 0 Å². The minimum Gasteiger partial charge on any atom is -0.295 e. The van der Waals surface area contributed by atoms with E-state index in [9.17, 15) is 4.79 Å². The second-order valence-electron chi connectivity index (χ2n) is 6.34. The second-order valence-corrected chi connectivity index (χ2v) is 6.34. The summed E-state index contributed by atoms with van der Waals surface area (Å²) in [5.74, 6) is 0. The molecule has 23 heavy (non-hydrogen) atoms. The van der Waals surface area contributed by atoms with Crippen molar-refractivity contribution in [1.82, 2.24) is 20.0 Å². The molecule has 0 amide bonds. The van der Waals surface area contributed by atoms with Crippen LogP contribution in [0.3, 0.4) is 0 Å². The zero-order chi connectivity index (χ0) is 15.4. The van der Waals surface area contributed by atoms with Crippen molar-refractivity contribution >= 4 is 32.6 Å². The first-order valence-corrected chi connectivity index (χ1v) is 8.10. The summed E-state index contributed by atoms with van der Waals surface area (Å²) in [6.07, 6.45) is 6.22. The molecule has 0 saturated heterocycles. The van der Waals surface area contributed by atoms with Gasteiger partial charge in [-0.15, -0.1) is 5.10 Å². The van der Waals surface area contributed by atoms with Crippen LogP contribution >= 0.6 is 0 Å². The third-order valence-corrected chi connectivity index (χ3v) is 5.04. The summed E-state index contributed by atoms with van der Waals surface area (Å²) in [6.45, 7) is 0. The van der Waals surface area contributed by atoms with E-state index in [4.69, 9.17) is 0 Å². The van der Waals surface area contributed by atoms with Crippen LogP contribution in [0.25, 0.3) is 32.6 Å². The van der Waals surface area contributed by atoms with Crippen molar-refractivity contribution in [3.8, 4) is 0 Å². The van der Waals surface area contributed by atoms with E-state index in [2.05, 4.69) is 15.3 Å². The van der Waals surface area contributed by atoms with Crippen LogP contribution < -0.4 is 5.56 Å². The lowest BCUT2D eigenvalue weighted by Crippen LogP contribution is -2.25. The molecule has 0 bridgehead atoms. The zero-order valence-corrected chi connectivity index (χ0v) is 12.6. The first-order valence-electron chi connectivity index (χ1n) is 8.10. The Bertz CT molecular complexity index is 1100. The third kappa shape index (κ3) is 1.76. The van der Waals surface area contributed by atoms with Crippen molar-refractivity contribution in [2.24, 2.45) is 0 Å². The van der Waals surface area contributed by atoms with Crippen LogP contribution in [0, 0.1) is 0 Å². The van der Waals surface area contributed by atoms with Gasteiger partial charge in [0, 0.05) is 16.2 Å². The molecule has 0 radical (unpaired) electrons. The Morgan fingerprint density at radius 1 is 1.04 bits per heavy atom. The fourth-order valence-corrected chi connectivity index (χ4v) is 3.91.